The van der Waals surface area contributed by atoms with E-state index < -0.39 is 11.8 Å². The van der Waals surface area contributed by atoms with Crippen LogP contribution in [0.4, 0.5) is 5.69 Å². The number of rotatable bonds is 2. The molecule has 0 atom stereocenters. The standard InChI is InChI=1S/C11H10BrN3O2/c1-7-3-2-4-8(9(7)12)15-11(17)10(16)14-6-5-13/h2-4H,6H2,1H3,(H,14,16)(H,15,17). The maximum Gasteiger partial charge on any atom is 0.313 e. The van der Waals surface area contributed by atoms with E-state index in [1.807, 2.05) is 13.0 Å². The van der Waals surface area contributed by atoms with E-state index in [1.54, 1.807) is 18.2 Å². The van der Waals surface area contributed by atoms with Crippen LogP contribution < -0.4 is 10.6 Å². The number of hydrogen-bond acceptors (Lipinski definition) is 3. The van der Waals surface area contributed by atoms with Crippen LogP contribution in [-0.2, 0) is 9.59 Å². The fraction of sp³-hybridized carbons (Fsp3) is 0.182. The van der Waals surface area contributed by atoms with Crippen molar-refractivity contribution in [3.05, 3.63) is 28.2 Å². The summed E-state index contributed by atoms with van der Waals surface area (Å²) in [5.41, 5.74) is 1.46. The van der Waals surface area contributed by atoms with Crippen LogP contribution in [-0.4, -0.2) is 18.4 Å². The molecule has 0 aliphatic carbocycles. The highest BCUT2D eigenvalue weighted by Crippen LogP contribution is 2.25. The van der Waals surface area contributed by atoms with E-state index >= 15 is 0 Å². The number of carbonyl (C=O) groups is 2. The van der Waals surface area contributed by atoms with E-state index in [-0.39, 0.29) is 6.54 Å². The lowest BCUT2D eigenvalue weighted by atomic mass is 10.2. The fourth-order valence-electron chi connectivity index (χ4n) is 1.12. The van der Waals surface area contributed by atoms with E-state index in [1.165, 1.54) is 0 Å². The molecule has 2 amide bonds. The van der Waals surface area contributed by atoms with Gasteiger partial charge in [-0.3, -0.25) is 9.59 Å². The summed E-state index contributed by atoms with van der Waals surface area (Å²) in [6, 6.07) is 7.03. The molecular weight excluding hydrogens is 286 g/mol. The van der Waals surface area contributed by atoms with Gasteiger partial charge in [0.25, 0.3) is 0 Å². The molecule has 88 valence electrons. The third-order valence-electron chi connectivity index (χ3n) is 1.97. The summed E-state index contributed by atoms with van der Waals surface area (Å²) in [6.07, 6.45) is 0. The Morgan fingerprint density at radius 3 is 2.76 bits per heavy atom. The number of anilines is 1. The van der Waals surface area contributed by atoms with Gasteiger partial charge in [-0.1, -0.05) is 12.1 Å². The Morgan fingerprint density at radius 1 is 1.41 bits per heavy atom. The van der Waals surface area contributed by atoms with Gasteiger partial charge in [-0.15, -0.1) is 0 Å². The zero-order valence-electron chi connectivity index (χ0n) is 9.08. The van der Waals surface area contributed by atoms with Crippen molar-refractivity contribution in [2.45, 2.75) is 6.92 Å². The SMILES string of the molecule is Cc1cccc(NC(=O)C(=O)NCC#N)c1Br. The molecular formula is C11H10BrN3O2. The van der Waals surface area contributed by atoms with Crippen LogP contribution in [0.25, 0.3) is 0 Å². The quantitative estimate of drug-likeness (QED) is 0.638. The van der Waals surface area contributed by atoms with Crippen LogP contribution in [0, 0.1) is 18.3 Å². The van der Waals surface area contributed by atoms with Gasteiger partial charge in [0.2, 0.25) is 0 Å². The first-order valence-electron chi connectivity index (χ1n) is 4.77. The van der Waals surface area contributed by atoms with Crippen LogP contribution in [0.1, 0.15) is 5.56 Å². The zero-order chi connectivity index (χ0) is 12.8. The molecule has 0 unspecified atom stereocenters. The Morgan fingerprint density at radius 2 is 2.12 bits per heavy atom. The first-order chi connectivity index (χ1) is 8.06. The highest BCUT2D eigenvalue weighted by molar-refractivity contribution is 9.10. The molecule has 1 aromatic carbocycles. The maximum atomic E-state index is 11.4. The minimum Gasteiger partial charge on any atom is -0.335 e. The number of amides is 2. The highest BCUT2D eigenvalue weighted by Gasteiger charge is 2.14. The summed E-state index contributed by atoms with van der Waals surface area (Å²) >= 11 is 3.31. The Kier molecular flexibility index (Phi) is 4.67. The number of aryl methyl sites for hydroxylation is 1. The lowest BCUT2D eigenvalue weighted by molar-refractivity contribution is -0.136. The summed E-state index contributed by atoms with van der Waals surface area (Å²) in [6.45, 7) is 1.68. The number of carbonyl (C=O) groups excluding carboxylic acids is 2. The number of hydrogen-bond donors (Lipinski definition) is 2. The molecule has 6 heteroatoms. The second-order valence-electron chi connectivity index (χ2n) is 3.23. The molecule has 0 aliphatic heterocycles. The topological polar surface area (TPSA) is 82.0 Å². The van der Waals surface area contributed by atoms with Gasteiger partial charge in [0, 0.05) is 4.47 Å². The fourth-order valence-corrected chi connectivity index (χ4v) is 1.49. The van der Waals surface area contributed by atoms with Crippen LogP contribution >= 0.6 is 15.9 Å². The molecule has 0 aromatic heterocycles. The number of halogens is 1. The van der Waals surface area contributed by atoms with Crippen molar-refractivity contribution < 1.29 is 9.59 Å². The Labute approximate surface area is 107 Å². The monoisotopic (exact) mass is 295 g/mol. The minimum absolute atomic E-state index is 0.193. The second kappa shape index (κ2) is 6.01. The summed E-state index contributed by atoms with van der Waals surface area (Å²) in [7, 11) is 0. The van der Waals surface area contributed by atoms with Crippen molar-refractivity contribution in [1.29, 1.82) is 5.26 Å². The number of nitrogens with one attached hydrogen (secondary N) is 2. The molecule has 5 nitrogen and oxygen atoms in total. The minimum atomic E-state index is -0.833. The summed E-state index contributed by atoms with van der Waals surface area (Å²) in [5, 5.41) is 12.9. The average Bonchev–Trinajstić information content (AvgIpc) is 2.31. The molecule has 0 aliphatic rings. The molecule has 0 saturated carbocycles. The highest BCUT2D eigenvalue weighted by atomic mass is 79.9. The zero-order valence-corrected chi connectivity index (χ0v) is 10.7. The molecule has 0 spiro atoms. The molecule has 2 N–H and O–H groups in total. The number of nitrogens with zero attached hydrogens (tertiary/aromatic N) is 1. The predicted molar refractivity (Wildman–Crippen MR) is 66.1 cm³/mol. The normalized spacial score (nSPS) is 9.24. The van der Waals surface area contributed by atoms with Crippen LogP contribution in [0.5, 0.6) is 0 Å². The third-order valence-corrected chi connectivity index (χ3v) is 3.03. The Balaban J connectivity index is 2.72. The van der Waals surface area contributed by atoms with Gasteiger partial charge in [0.1, 0.15) is 6.54 Å². The maximum absolute atomic E-state index is 11.4. The molecule has 0 radical (unpaired) electrons. The van der Waals surface area contributed by atoms with Crippen molar-refractivity contribution in [3.63, 3.8) is 0 Å². The van der Waals surface area contributed by atoms with E-state index in [2.05, 4.69) is 26.6 Å². The molecule has 1 aromatic rings. The van der Waals surface area contributed by atoms with Crippen LogP contribution in [0.15, 0.2) is 22.7 Å². The van der Waals surface area contributed by atoms with Crippen LogP contribution in [0.3, 0.4) is 0 Å². The molecule has 1 rings (SSSR count). The van der Waals surface area contributed by atoms with Crippen molar-refractivity contribution in [2.24, 2.45) is 0 Å². The Hall–Kier alpha value is -1.87. The largest absolute Gasteiger partial charge is 0.335 e. The van der Waals surface area contributed by atoms with Gasteiger partial charge in [0.05, 0.1) is 11.8 Å². The predicted octanol–water partition coefficient (Wildman–Crippen LogP) is 1.34. The molecule has 0 fully saturated rings. The molecule has 0 bridgehead atoms. The first kappa shape index (κ1) is 13.2. The first-order valence-corrected chi connectivity index (χ1v) is 5.56. The lowest BCUT2D eigenvalue weighted by Gasteiger charge is -2.08. The second-order valence-corrected chi connectivity index (χ2v) is 4.02. The van der Waals surface area contributed by atoms with E-state index in [0.29, 0.717) is 5.69 Å². The van der Waals surface area contributed by atoms with Gasteiger partial charge >= 0.3 is 11.8 Å². The summed E-state index contributed by atoms with van der Waals surface area (Å²) in [4.78, 5) is 22.6. The molecule has 0 heterocycles. The van der Waals surface area contributed by atoms with Gasteiger partial charge in [-0.25, -0.2) is 0 Å². The van der Waals surface area contributed by atoms with Crippen molar-refractivity contribution in [2.75, 3.05) is 11.9 Å². The van der Waals surface area contributed by atoms with Crippen molar-refractivity contribution >= 4 is 33.4 Å². The van der Waals surface area contributed by atoms with E-state index in [0.717, 1.165) is 10.0 Å². The molecule has 0 saturated heterocycles. The van der Waals surface area contributed by atoms with Crippen molar-refractivity contribution in [3.8, 4) is 6.07 Å². The van der Waals surface area contributed by atoms with Gasteiger partial charge in [-0.2, -0.15) is 5.26 Å². The van der Waals surface area contributed by atoms with E-state index in [4.69, 9.17) is 5.26 Å². The van der Waals surface area contributed by atoms with Gasteiger partial charge in [0.15, 0.2) is 0 Å². The van der Waals surface area contributed by atoms with Gasteiger partial charge in [-0.05, 0) is 34.5 Å². The number of nitriles is 1. The van der Waals surface area contributed by atoms with E-state index in [9.17, 15) is 9.59 Å². The summed E-state index contributed by atoms with van der Waals surface area (Å²) in [5.74, 6) is -1.63. The van der Waals surface area contributed by atoms with Crippen LogP contribution in [0.2, 0.25) is 0 Å². The Bertz CT molecular complexity index is 494. The smallest absolute Gasteiger partial charge is 0.313 e. The third kappa shape index (κ3) is 3.57. The number of benzene rings is 1. The average molecular weight is 296 g/mol. The molecule has 17 heavy (non-hydrogen) atoms. The van der Waals surface area contributed by atoms with Crippen molar-refractivity contribution in [1.82, 2.24) is 5.32 Å². The summed E-state index contributed by atoms with van der Waals surface area (Å²) < 4.78 is 0.724. The van der Waals surface area contributed by atoms with Gasteiger partial charge < -0.3 is 10.6 Å². The lowest BCUT2D eigenvalue weighted by Crippen LogP contribution is -2.35.